The van der Waals surface area contributed by atoms with Gasteiger partial charge in [-0.1, -0.05) is 6.92 Å². The lowest BCUT2D eigenvalue weighted by Gasteiger charge is -2.34. The van der Waals surface area contributed by atoms with Gasteiger partial charge in [0, 0.05) is 12.6 Å². The van der Waals surface area contributed by atoms with Gasteiger partial charge in [-0.15, -0.1) is 0 Å². The van der Waals surface area contributed by atoms with Crippen LogP contribution in [0.15, 0.2) is 24.3 Å². The smallest absolute Gasteiger partial charge is 0.312 e. The molecule has 1 saturated heterocycles. The van der Waals surface area contributed by atoms with Crippen LogP contribution in [0.3, 0.4) is 0 Å². The summed E-state index contributed by atoms with van der Waals surface area (Å²) in [6.45, 7) is 3.33. The Morgan fingerprint density at radius 3 is 2.58 bits per heavy atom. The summed E-state index contributed by atoms with van der Waals surface area (Å²) in [5.41, 5.74) is 0. The Labute approximate surface area is 143 Å². The lowest BCUT2D eigenvalue weighted by molar-refractivity contribution is -0.148. The van der Waals surface area contributed by atoms with Crippen LogP contribution in [0.2, 0.25) is 0 Å². The average Bonchev–Trinajstić information content (AvgIpc) is 2.64. The van der Waals surface area contributed by atoms with Crippen molar-refractivity contribution >= 4 is 11.8 Å². The molecule has 0 bridgehead atoms. The third-order valence-electron chi connectivity index (χ3n) is 4.27. The number of hydrogen-bond donors (Lipinski definition) is 1. The number of rotatable bonds is 6. The van der Waals surface area contributed by atoms with E-state index in [1.165, 1.54) is 0 Å². The van der Waals surface area contributed by atoms with Crippen LogP contribution in [0.5, 0.6) is 11.5 Å². The summed E-state index contributed by atoms with van der Waals surface area (Å²) in [6.07, 6.45) is 3.96. The molecule has 1 atom stereocenters. The van der Waals surface area contributed by atoms with Crippen LogP contribution in [0, 0.1) is 0 Å². The zero-order chi connectivity index (χ0) is 17.4. The summed E-state index contributed by atoms with van der Waals surface area (Å²) < 4.78 is 10.6. The van der Waals surface area contributed by atoms with E-state index in [1.807, 2.05) is 0 Å². The van der Waals surface area contributed by atoms with Gasteiger partial charge in [-0.05, 0) is 49.9 Å². The predicted molar refractivity (Wildman–Crippen MR) is 91.1 cm³/mol. The van der Waals surface area contributed by atoms with Gasteiger partial charge >= 0.3 is 11.8 Å². The first-order chi connectivity index (χ1) is 11.7. The monoisotopic (exact) mass is 334 g/mol. The van der Waals surface area contributed by atoms with Crippen molar-refractivity contribution in [1.82, 2.24) is 10.2 Å². The number of hydrogen-bond acceptors (Lipinski definition) is 4. The number of carbonyl (C=O) groups excluding carboxylic acids is 2. The summed E-state index contributed by atoms with van der Waals surface area (Å²) in [7, 11) is 1.61. The molecule has 1 heterocycles. The van der Waals surface area contributed by atoms with Gasteiger partial charge in [-0.2, -0.15) is 0 Å². The van der Waals surface area contributed by atoms with Gasteiger partial charge in [0.2, 0.25) is 0 Å². The molecular weight excluding hydrogens is 308 g/mol. The molecule has 1 N–H and O–H groups in total. The fourth-order valence-electron chi connectivity index (χ4n) is 2.90. The van der Waals surface area contributed by atoms with Crippen molar-refractivity contribution in [3.05, 3.63) is 24.3 Å². The topological polar surface area (TPSA) is 67.9 Å². The summed E-state index contributed by atoms with van der Waals surface area (Å²) in [6, 6.07) is 7.39. The second-order valence-corrected chi connectivity index (χ2v) is 5.84. The van der Waals surface area contributed by atoms with Crippen LogP contribution >= 0.6 is 0 Å². The fourth-order valence-corrected chi connectivity index (χ4v) is 2.90. The van der Waals surface area contributed by atoms with Crippen molar-refractivity contribution in [2.45, 2.75) is 38.6 Å². The van der Waals surface area contributed by atoms with Gasteiger partial charge in [0.15, 0.2) is 0 Å². The highest BCUT2D eigenvalue weighted by atomic mass is 16.5. The molecule has 0 radical (unpaired) electrons. The zero-order valence-corrected chi connectivity index (χ0v) is 14.4. The fraction of sp³-hybridized carbons (Fsp3) is 0.556. The van der Waals surface area contributed by atoms with Crippen LogP contribution < -0.4 is 14.8 Å². The molecule has 0 saturated carbocycles. The number of likely N-dealkylation sites (tertiary alicyclic amines) is 1. The minimum atomic E-state index is -0.548. The highest BCUT2D eigenvalue weighted by molar-refractivity contribution is 6.35. The highest BCUT2D eigenvalue weighted by Crippen LogP contribution is 2.19. The SMILES string of the molecule is CCC1CCCCN1C(=O)C(=O)NCCOc1ccc(OC)cc1. The van der Waals surface area contributed by atoms with E-state index in [1.54, 1.807) is 36.3 Å². The van der Waals surface area contributed by atoms with E-state index < -0.39 is 11.8 Å². The lowest BCUT2D eigenvalue weighted by atomic mass is 10.00. The third-order valence-corrected chi connectivity index (χ3v) is 4.27. The van der Waals surface area contributed by atoms with Crippen LogP contribution in [0.1, 0.15) is 32.6 Å². The zero-order valence-electron chi connectivity index (χ0n) is 14.4. The number of carbonyl (C=O) groups is 2. The number of benzene rings is 1. The molecule has 132 valence electrons. The first-order valence-electron chi connectivity index (χ1n) is 8.51. The van der Waals surface area contributed by atoms with E-state index in [2.05, 4.69) is 12.2 Å². The van der Waals surface area contributed by atoms with Crippen LogP contribution in [-0.4, -0.2) is 49.6 Å². The van der Waals surface area contributed by atoms with Crippen molar-refractivity contribution in [2.24, 2.45) is 0 Å². The number of nitrogens with one attached hydrogen (secondary N) is 1. The van der Waals surface area contributed by atoms with Crippen molar-refractivity contribution < 1.29 is 19.1 Å². The number of amides is 2. The second kappa shape index (κ2) is 9.15. The lowest BCUT2D eigenvalue weighted by Crippen LogP contribution is -2.50. The quantitative estimate of drug-likeness (QED) is 0.638. The maximum absolute atomic E-state index is 12.3. The number of methoxy groups -OCH3 is 1. The van der Waals surface area contributed by atoms with Crippen molar-refractivity contribution in [3.63, 3.8) is 0 Å². The Bertz CT molecular complexity index is 544. The number of ether oxygens (including phenoxy) is 2. The van der Waals surface area contributed by atoms with Gasteiger partial charge in [0.05, 0.1) is 13.7 Å². The van der Waals surface area contributed by atoms with Crippen molar-refractivity contribution in [2.75, 3.05) is 26.8 Å². The van der Waals surface area contributed by atoms with Crippen molar-refractivity contribution in [3.8, 4) is 11.5 Å². The number of piperidine rings is 1. The van der Waals surface area contributed by atoms with E-state index >= 15 is 0 Å². The molecule has 2 rings (SSSR count). The Balaban J connectivity index is 1.72. The molecule has 0 spiro atoms. The van der Waals surface area contributed by atoms with E-state index in [9.17, 15) is 9.59 Å². The minimum absolute atomic E-state index is 0.188. The van der Waals surface area contributed by atoms with Gasteiger partial charge in [0.1, 0.15) is 18.1 Å². The molecule has 1 aromatic rings. The van der Waals surface area contributed by atoms with E-state index in [0.717, 1.165) is 31.4 Å². The Hall–Kier alpha value is -2.24. The molecule has 1 fully saturated rings. The predicted octanol–water partition coefficient (Wildman–Crippen LogP) is 1.98. The molecule has 1 aromatic carbocycles. The molecule has 0 aromatic heterocycles. The van der Waals surface area contributed by atoms with Crippen molar-refractivity contribution in [1.29, 1.82) is 0 Å². The first-order valence-corrected chi connectivity index (χ1v) is 8.51. The minimum Gasteiger partial charge on any atom is -0.497 e. The summed E-state index contributed by atoms with van der Waals surface area (Å²) in [5, 5.41) is 2.64. The molecular formula is C18H26N2O4. The summed E-state index contributed by atoms with van der Waals surface area (Å²) in [5.74, 6) is 0.478. The maximum Gasteiger partial charge on any atom is 0.312 e. The molecule has 6 nitrogen and oxygen atoms in total. The van der Waals surface area contributed by atoms with Crippen LogP contribution in [0.25, 0.3) is 0 Å². The standard InChI is InChI=1S/C18H26N2O4/c1-3-14-6-4-5-12-20(14)18(22)17(21)19-11-13-24-16-9-7-15(23-2)8-10-16/h7-10,14H,3-6,11-13H2,1-2H3,(H,19,21). The average molecular weight is 334 g/mol. The maximum atomic E-state index is 12.3. The van der Waals surface area contributed by atoms with Crippen LogP contribution in [0.4, 0.5) is 0 Å². The third kappa shape index (κ3) is 4.88. The summed E-state index contributed by atoms with van der Waals surface area (Å²) in [4.78, 5) is 26.0. The molecule has 1 unspecified atom stereocenters. The molecule has 1 aliphatic heterocycles. The highest BCUT2D eigenvalue weighted by Gasteiger charge is 2.29. The van der Waals surface area contributed by atoms with Crippen LogP contribution in [-0.2, 0) is 9.59 Å². The summed E-state index contributed by atoms with van der Waals surface area (Å²) >= 11 is 0. The van der Waals surface area contributed by atoms with Gasteiger partial charge in [0.25, 0.3) is 0 Å². The molecule has 6 heteroatoms. The molecule has 2 amide bonds. The van der Waals surface area contributed by atoms with Gasteiger partial charge in [-0.3, -0.25) is 9.59 Å². The van der Waals surface area contributed by atoms with E-state index in [4.69, 9.17) is 9.47 Å². The van der Waals surface area contributed by atoms with E-state index in [-0.39, 0.29) is 6.04 Å². The molecule has 24 heavy (non-hydrogen) atoms. The molecule has 0 aliphatic carbocycles. The Morgan fingerprint density at radius 1 is 1.21 bits per heavy atom. The Kier molecular flexibility index (Phi) is 6.90. The molecule has 1 aliphatic rings. The largest absolute Gasteiger partial charge is 0.497 e. The van der Waals surface area contributed by atoms with E-state index in [0.29, 0.717) is 25.4 Å². The first kappa shape index (κ1) is 18.1. The number of nitrogens with zero attached hydrogens (tertiary/aromatic N) is 1. The second-order valence-electron chi connectivity index (χ2n) is 5.84. The van der Waals surface area contributed by atoms with Gasteiger partial charge < -0.3 is 19.7 Å². The Morgan fingerprint density at radius 2 is 1.92 bits per heavy atom. The van der Waals surface area contributed by atoms with Gasteiger partial charge in [-0.25, -0.2) is 0 Å². The normalized spacial score (nSPS) is 17.2.